The summed E-state index contributed by atoms with van der Waals surface area (Å²) < 4.78 is 5.55. The van der Waals surface area contributed by atoms with Crippen molar-refractivity contribution in [1.82, 2.24) is 10.7 Å². The van der Waals surface area contributed by atoms with Gasteiger partial charge in [-0.25, -0.2) is 5.43 Å². The van der Waals surface area contributed by atoms with E-state index in [2.05, 4.69) is 15.8 Å². The molecule has 0 saturated carbocycles. The molecule has 6 heteroatoms. The van der Waals surface area contributed by atoms with Gasteiger partial charge in [0.25, 0.3) is 0 Å². The van der Waals surface area contributed by atoms with E-state index in [9.17, 15) is 9.59 Å². The number of nitrogens with one attached hydrogen (secondary N) is 2. The SMILES string of the molecule is Cc1ccc(CNC(=O)C(=O)N/N=C\c2ccc(OC(C)C)cc2)cc1. The van der Waals surface area contributed by atoms with Gasteiger partial charge in [0.2, 0.25) is 0 Å². The molecule has 0 spiro atoms. The highest BCUT2D eigenvalue weighted by Crippen LogP contribution is 2.12. The summed E-state index contributed by atoms with van der Waals surface area (Å²) in [5.41, 5.74) is 5.04. The first-order valence-corrected chi connectivity index (χ1v) is 8.37. The average molecular weight is 353 g/mol. The lowest BCUT2D eigenvalue weighted by Crippen LogP contribution is -2.37. The van der Waals surface area contributed by atoms with Gasteiger partial charge in [0.05, 0.1) is 12.3 Å². The number of rotatable bonds is 6. The molecule has 0 aromatic heterocycles. The van der Waals surface area contributed by atoms with E-state index in [0.29, 0.717) is 0 Å². The van der Waals surface area contributed by atoms with Crippen LogP contribution < -0.4 is 15.5 Å². The summed E-state index contributed by atoms with van der Waals surface area (Å²) in [6.07, 6.45) is 1.57. The van der Waals surface area contributed by atoms with Gasteiger partial charge < -0.3 is 10.1 Å². The van der Waals surface area contributed by atoms with Gasteiger partial charge in [-0.3, -0.25) is 9.59 Å². The number of nitrogens with zero attached hydrogens (tertiary/aromatic N) is 1. The van der Waals surface area contributed by atoms with Crippen molar-refractivity contribution in [3.8, 4) is 5.75 Å². The third-order valence-corrected chi connectivity index (χ3v) is 3.41. The van der Waals surface area contributed by atoms with E-state index >= 15 is 0 Å². The van der Waals surface area contributed by atoms with E-state index in [1.807, 2.05) is 69.3 Å². The normalized spacial score (nSPS) is 10.8. The molecule has 2 aromatic carbocycles. The molecular formula is C20H23N3O3. The van der Waals surface area contributed by atoms with Crippen LogP contribution in [-0.2, 0) is 16.1 Å². The second-order valence-electron chi connectivity index (χ2n) is 6.10. The number of carbonyl (C=O) groups excluding carboxylic acids is 2. The fourth-order valence-electron chi connectivity index (χ4n) is 2.09. The maximum absolute atomic E-state index is 11.8. The van der Waals surface area contributed by atoms with Gasteiger partial charge in [-0.2, -0.15) is 5.10 Å². The fraction of sp³-hybridized carbons (Fsp3) is 0.250. The van der Waals surface area contributed by atoms with E-state index in [-0.39, 0.29) is 12.6 Å². The van der Waals surface area contributed by atoms with Crippen LogP contribution in [0.3, 0.4) is 0 Å². The van der Waals surface area contributed by atoms with Crippen molar-refractivity contribution in [2.24, 2.45) is 5.10 Å². The number of hydrazone groups is 1. The van der Waals surface area contributed by atoms with Crippen LogP contribution in [0.4, 0.5) is 0 Å². The molecule has 0 aliphatic rings. The van der Waals surface area contributed by atoms with Gasteiger partial charge in [0.1, 0.15) is 5.75 Å². The summed E-state index contributed by atoms with van der Waals surface area (Å²) in [6.45, 7) is 6.18. The summed E-state index contributed by atoms with van der Waals surface area (Å²) in [5.74, 6) is -0.784. The minimum atomic E-state index is -0.812. The first-order chi connectivity index (χ1) is 12.4. The first-order valence-electron chi connectivity index (χ1n) is 8.37. The van der Waals surface area contributed by atoms with Crippen LogP contribution in [0.25, 0.3) is 0 Å². The predicted octanol–water partition coefficient (Wildman–Crippen LogP) is 2.55. The van der Waals surface area contributed by atoms with E-state index < -0.39 is 11.8 Å². The van der Waals surface area contributed by atoms with E-state index in [1.54, 1.807) is 0 Å². The predicted molar refractivity (Wildman–Crippen MR) is 101 cm³/mol. The maximum atomic E-state index is 11.8. The Morgan fingerprint density at radius 1 is 1.04 bits per heavy atom. The minimum Gasteiger partial charge on any atom is -0.491 e. The summed E-state index contributed by atoms with van der Waals surface area (Å²) >= 11 is 0. The molecule has 2 N–H and O–H groups in total. The van der Waals surface area contributed by atoms with Gasteiger partial charge in [-0.15, -0.1) is 0 Å². The number of benzene rings is 2. The van der Waals surface area contributed by atoms with Crippen molar-refractivity contribution in [2.75, 3.05) is 0 Å². The van der Waals surface area contributed by atoms with Gasteiger partial charge in [0, 0.05) is 6.54 Å². The van der Waals surface area contributed by atoms with Crippen LogP contribution in [0.1, 0.15) is 30.5 Å². The van der Waals surface area contributed by atoms with E-state index in [4.69, 9.17) is 4.74 Å². The molecule has 0 unspecified atom stereocenters. The Hall–Kier alpha value is -3.15. The van der Waals surface area contributed by atoms with Crippen molar-refractivity contribution in [3.05, 3.63) is 65.2 Å². The van der Waals surface area contributed by atoms with Crippen LogP contribution in [0, 0.1) is 6.92 Å². The molecule has 0 radical (unpaired) electrons. The molecule has 0 aliphatic carbocycles. The number of aryl methyl sites for hydroxylation is 1. The van der Waals surface area contributed by atoms with Crippen molar-refractivity contribution in [3.63, 3.8) is 0 Å². The highest BCUT2D eigenvalue weighted by molar-refractivity contribution is 6.35. The van der Waals surface area contributed by atoms with Gasteiger partial charge in [-0.1, -0.05) is 29.8 Å². The number of hydrogen-bond donors (Lipinski definition) is 2. The molecule has 0 heterocycles. The molecule has 136 valence electrons. The summed E-state index contributed by atoms with van der Waals surface area (Å²) in [7, 11) is 0. The van der Waals surface area contributed by atoms with Crippen LogP contribution in [-0.4, -0.2) is 24.1 Å². The van der Waals surface area contributed by atoms with Crippen LogP contribution in [0.2, 0.25) is 0 Å². The fourth-order valence-corrected chi connectivity index (χ4v) is 2.09. The van der Waals surface area contributed by atoms with E-state index in [0.717, 1.165) is 22.4 Å². The zero-order chi connectivity index (χ0) is 18.9. The third kappa shape index (κ3) is 6.39. The number of ether oxygens (including phenoxy) is 1. The zero-order valence-corrected chi connectivity index (χ0v) is 15.2. The third-order valence-electron chi connectivity index (χ3n) is 3.41. The molecule has 0 bridgehead atoms. The first kappa shape index (κ1) is 19.2. The van der Waals surface area contributed by atoms with Crippen molar-refractivity contribution >= 4 is 18.0 Å². The standard InChI is InChI=1S/C20H23N3O3/c1-14(2)26-18-10-8-17(9-11-18)13-22-23-20(25)19(24)21-12-16-6-4-15(3)5-7-16/h4-11,13-14H,12H2,1-3H3,(H,21,24)(H,23,25)/b22-13-. The number of amides is 2. The monoisotopic (exact) mass is 353 g/mol. The highest BCUT2D eigenvalue weighted by Gasteiger charge is 2.11. The lowest BCUT2D eigenvalue weighted by Gasteiger charge is -2.09. The lowest BCUT2D eigenvalue weighted by molar-refractivity contribution is -0.139. The topological polar surface area (TPSA) is 79.8 Å². The molecule has 2 rings (SSSR count). The Bertz CT molecular complexity index is 766. The summed E-state index contributed by atoms with van der Waals surface area (Å²) in [4.78, 5) is 23.5. The largest absolute Gasteiger partial charge is 0.491 e. The quantitative estimate of drug-likeness (QED) is 0.476. The molecule has 0 fully saturated rings. The summed E-state index contributed by atoms with van der Waals surface area (Å²) in [6, 6.07) is 15.0. The Labute approximate surface area is 153 Å². The van der Waals surface area contributed by atoms with Crippen LogP contribution in [0.15, 0.2) is 53.6 Å². The second-order valence-corrected chi connectivity index (χ2v) is 6.10. The Morgan fingerprint density at radius 3 is 2.31 bits per heavy atom. The molecule has 0 saturated heterocycles. The maximum Gasteiger partial charge on any atom is 0.329 e. The second kappa shape index (κ2) is 9.36. The molecule has 2 amide bonds. The average Bonchev–Trinajstić information content (AvgIpc) is 2.62. The number of hydrogen-bond acceptors (Lipinski definition) is 4. The van der Waals surface area contributed by atoms with Gasteiger partial charge in [-0.05, 0) is 56.2 Å². The molecular weight excluding hydrogens is 330 g/mol. The van der Waals surface area contributed by atoms with Gasteiger partial charge >= 0.3 is 11.8 Å². The Kier molecular flexibility index (Phi) is 6.91. The smallest absolute Gasteiger partial charge is 0.329 e. The Morgan fingerprint density at radius 2 is 1.69 bits per heavy atom. The van der Waals surface area contributed by atoms with Crippen LogP contribution >= 0.6 is 0 Å². The molecule has 2 aromatic rings. The number of carbonyl (C=O) groups is 2. The summed E-state index contributed by atoms with van der Waals surface area (Å²) in [5, 5.41) is 6.34. The van der Waals surface area contributed by atoms with Crippen molar-refractivity contribution in [1.29, 1.82) is 0 Å². The minimum absolute atomic E-state index is 0.104. The van der Waals surface area contributed by atoms with Crippen LogP contribution in [0.5, 0.6) is 5.75 Å². The Balaban J connectivity index is 1.78. The molecule has 0 atom stereocenters. The molecule has 0 aliphatic heterocycles. The zero-order valence-electron chi connectivity index (χ0n) is 15.2. The highest BCUT2D eigenvalue weighted by atomic mass is 16.5. The van der Waals surface area contributed by atoms with Gasteiger partial charge in [0.15, 0.2) is 0 Å². The molecule has 6 nitrogen and oxygen atoms in total. The van der Waals surface area contributed by atoms with Crippen molar-refractivity contribution < 1.29 is 14.3 Å². The van der Waals surface area contributed by atoms with Crippen molar-refractivity contribution in [2.45, 2.75) is 33.4 Å². The van der Waals surface area contributed by atoms with E-state index in [1.165, 1.54) is 6.21 Å². The lowest BCUT2D eigenvalue weighted by atomic mass is 10.1. The molecule has 26 heavy (non-hydrogen) atoms.